The summed E-state index contributed by atoms with van der Waals surface area (Å²) in [6, 6.07) is 9.15. The number of ether oxygens (including phenoxy) is 2. The van der Waals surface area contributed by atoms with Gasteiger partial charge >= 0.3 is 0 Å². The lowest BCUT2D eigenvalue weighted by molar-refractivity contribution is 0.174. The van der Waals surface area contributed by atoms with Gasteiger partial charge in [-0.3, -0.25) is 4.40 Å². The van der Waals surface area contributed by atoms with E-state index in [1.165, 1.54) is 0 Å². The lowest BCUT2D eigenvalue weighted by atomic mass is 10.1. The van der Waals surface area contributed by atoms with E-state index < -0.39 is 0 Å². The molecule has 0 radical (unpaired) electrons. The number of hydrogen-bond acceptors (Lipinski definition) is 4. The summed E-state index contributed by atoms with van der Waals surface area (Å²) in [6.45, 7) is 0.191. The first-order chi connectivity index (χ1) is 10.7. The SMILES string of the molecule is N#Cc1c(-c2ccc3c(c2)OCO3)nc2c(Cl)cc(Cl)cn12. The third-order valence-corrected chi connectivity index (χ3v) is 3.88. The molecule has 0 saturated heterocycles. The van der Waals surface area contributed by atoms with Gasteiger partial charge in [-0.05, 0) is 24.3 Å². The van der Waals surface area contributed by atoms with Crippen LogP contribution in [0, 0.1) is 11.3 Å². The highest BCUT2D eigenvalue weighted by Gasteiger charge is 2.20. The quantitative estimate of drug-likeness (QED) is 0.678. The van der Waals surface area contributed by atoms with E-state index in [4.69, 9.17) is 32.7 Å². The van der Waals surface area contributed by atoms with E-state index in [9.17, 15) is 5.26 Å². The molecule has 0 amide bonds. The van der Waals surface area contributed by atoms with Gasteiger partial charge in [0.25, 0.3) is 0 Å². The van der Waals surface area contributed by atoms with Gasteiger partial charge in [-0.15, -0.1) is 0 Å². The Labute approximate surface area is 135 Å². The number of pyridine rings is 1. The molecule has 4 rings (SSSR count). The Bertz CT molecular complexity index is 960. The summed E-state index contributed by atoms with van der Waals surface area (Å²) in [6.07, 6.45) is 1.62. The van der Waals surface area contributed by atoms with Gasteiger partial charge in [0.05, 0.1) is 10.0 Å². The monoisotopic (exact) mass is 331 g/mol. The average molecular weight is 332 g/mol. The molecule has 7 heteroatoms. The highest BCUT2D eigenvalue weighted by atomic mass is 35.5. The summed E-state index contributed by atoms with van der Waals surface area (Å²) in [5, 5.41) is 10.3. The van der Waals surface area contributed by atoms with Crippen LogP contribution in [-0.4, -0.2) is 16.2 Å². The second kappa shape index (κ2) is 4.80. The highest BCUT2D eigenvalue weighted by Crippen LogP contribution is 2.37. The van der Waals surface area contributed by atoms with Gasteiger partial charge in [0.2, 0.25) is 6.79 Å². The van der Waals surface area contributed by atoms with Crippen LogP contribution in [0.3, 0.4) is 0 Å². The molecule has 1 aromatic carbocycles. The molecular weight excluding hydrogens is 325 g/mol. The van der Waals surface area contributed by atoms with Crippen LogP contribution in [-0.2, 0) is 0 Å². The Hall–Kier alpha value is -2.42. The van der Waals surface area contributed by atoms with Crippen molar-refractivity contribution in [2.75, 3.05) is 6.79 Å². The molecule has 0 bridgehead atoms. The van der Waals surface area contributed by atoms with Gasteiger partial charge in [0, 0.05) is 11.8 Å². The molecule has 1 aliphatic heterocycles. The first-order valence-corrected chi connectivity index (χ1v) is 7.10. The third-order valence-electron chi connectivity index (χ3n) is 3.39. The summed E-state index contributed by atoms with van der Waals surface area (Å²) in [5.74, 6) is 1.30. The molecule has 0 N–H and O–H groups in total. The number of nitriles is 1. The van der Waals surface area contributed by atoms with E-state index in [0.717, 1.165) is 5.56 Å². The van der Waals surface area contributed by atoms with E-state index in [0.29, 0.717) is 38.6 Å². The van der Waals surface area contributed by atoms with Crippen LogP contribution in [0.25, 0.3) is 16.9 Å². The second-order valence-corrected chi connectivity index (χ2v) is 5.53. The summed E-state index contributed by atoms with van der Waals surface area (Å²) in [7, 11) is 0. The van der Waals surface area contributed by atoms with E-state index in [1.807, 2.05) is 6.07 Å². The maximum absolute atomic E-state index is 9.49. The summed E-state index contributed by atoms with van der Waals surface area (Å²) in [5.41, 5.74) is 2.11. The molecule has 3 aromatic rings. The lowest BCUT2D eigenvalue weighted by Crippen LogP contribution is -1.92. The van der Waals surface area contributed by atoms with E-state index in [2.05, 4.69) is 11.1 Å². The summed E-state index contributed by atoms with van der Waals surface area (Å²) in [4.78, 5) is 4.47. The van der Waals surface area contributed by atoms with E-state index >= 15 is 0 Å². The topological polar surface area (TPSA) is 59.5 Å². The van der Waals surface area contributed by atoms with Crippen molar-refractivity contribution >= 4 is 28.8 Å². The van der Waals surface area contributed by atoms with Crippen molar-refractivity contribution < 1.29 is 9.47 Å². The molecule has 22 heavy (non-hydrogen) atoms. The number of fused-ring (bicyclic) bond motifs is 2. The van der Waals surface area contributed by atoms with Crippen LogP contribution in [0.2, 0.25) is 10.0 Å². The maximum Gasteiger partial charge on any atom is 0.231 e. The fraction of sp³-hybridized carbons (Fsp3) is 0.0667. The number of halogens is 2. The zero-order valence-corrected chi connectivity index (χ0v) is 12.5. The van der Waals surface area contributed by atoms with Crippen LogP contribution in [0.1, 0.15) is 5.69 Å². The molecule has 2 aromatic heterocycles. The fourth-order valence-electron chi connectivity index (χ4n) is 2.43. The molecule has 108 valence electrons. The first kappa shape index (κ1) is 13.3. The van der Waals surface area contributed by atoms with Crippen molar-refractivity contribution in [3.8, 4) is 28.8 Å². The van der Waals surface area contributed by atoms with Crippen LogP contribution in [0.5, 0.6) is 11.5 Å². The van der Waals surface area contributed by atoms with Crippen LogP contribution in [0.4, 0.5) is 0 Å². The normalized spacial score (nSPS) is 12.6. The molecule has 0 spiro atoms. The molecule has 0 aliphatic carbocycles. The maximum atomic E-state index is 9.49. The second-order valence-electron chi connectivity index (χ2n) is 4.69. The fourth-order valence-corrected chi connectivity index (χ4v) is 2.94. The number of benzene rings is 1. The number of nitrogens with zero attached hydrogens (tertiary/aromatic N) is 3. The third kappa shape index (κ3) is 1.89. The minimum absolute atomic E-state index is 0.191. The Morgan fingerprint density at radius 3 is 2.82 bits per heavy atom. The zero-order valence-electron chi connectivity index (χ0n) is 11.0. The van der Waals surface area contributed by atoms with Gasteiger partial charge in [-0.1, -0.05) is 23.2 Å². The van der Waals surface area contributed by atoms with Crippen molar-refractivity contribution in [3.05, 3.63) is 46.2 Å². The van der Waals surface area contributed by atoms with E-state index in [1.54, 1.807) is 28.8 Å². The van der Waals surface area contributed by atoms with E-state index in [-0.39, 0.29) is 6.79 Å². The number of rotatable bonds is 1. The van der Waals surface area contributed by atoms with Crippen molar-refractivity contribution in [1.82, 2.24) is 9.38 Å². The Morgan fingerprint density at radius 1 is 1.18 bits per heavy atom. The molecule has 0 saturated carbocycles. The first-order valence-electron chi connectivity index (χ1n) is 6.34. The average Bonchev–Trinajstić information content (AvgIpc) is 3.09. The van der Waals surface area contributed by atoms with Gasteiger partial charge in [-0.2, -0.15) is 5.26 Å². The van der Waals surface area contributed by atoms with Crippen molar-refractivity contribution in [3.63, 3.8) is 0 Å². The molecule has 5 nitrogen and oxygen atoms in total. The molecular formula is C15H7Cl2N3O2. The minimum Gasteiger partial charge on any atom is -0.454 e. The molecule has 1 aliphatic rings. The smallest absolute Gasteiger partial charge is 0.231 e. The lowest BCUT2D eigenvalue weighted by Gasteiger charge is -2.00. The van der Waals surface area contributed by atoms with Gasteiger partial charge in [0.15, 0.2) is 22.8 Å². The summed E-state index contributed by atoms with van der Waals surface area (Å²) >= 11 is 12.2. The Balaban J connectivity index is 1.99. The number of hydrogen-bond donors (Lipinski definition) is 0. The van der Waals surface area contributed by atoms with Crippen LogP contribution in [0.15, 0.2) is 30.5 Å². The number of aromatic nitrogens is 2. The van der Waals surface area contributed by atoms with Crippen molar-refractivity contribution in [2.24, 2.45) is 0 Å². The molecule has 3 heterocycles. The van der Waals surface area contributed by atoms with Gasteiger partial charge in [0.1, 0.15) is 11.8 Å². The van der Waals surface area contributed by atoms with Crippen molar-refractivity contribution in [2.45, 2.75) is 0 Å². The highest BCUT2D eigenvalue weighted by molar-refractivity contribution is 6.36. The predicted octanol–water partition coefficient (Wildman–Crippen LogP) is 3.91. The Kier molecular flexibility index (Phi) is 2.89. The number of imidazole rings is 1. The predicted molar refractivity (Wildman–Crippen MR) is 81.5 cm³/mol. The Morgan fingerprint density at radius 2 is 2.00 bits per heavy atom. The van der Waals surface area contributed by atoms with Crippen LogP contribution < -0.4 is 9.47 Å². The zero-order chi connectivity index (χ0) is 15.3. The standard InChI is InChI=1S/C15H7Cl2N3O2/c16-9-4-10(17)15-19-14(11(5-18)20(15)6-9)8-1-2-12-13(3-8)22-7-21-12/h1-4,6H,7H2. The van der Waals surface area contributed by atoms with Gasteiger partial charge in [-0.25, -0.2) is 4.98 Å². The summed E-state index contributed by atoms with van der Waals surface area (Å²) < 4.78 is 12.2. The van der Waals surface area contributed by atoms with Crippen LogP contribution >= 0.6 is 23.2 Å². The largest absolute Gasteiger partial charge is 0.454 e. The molecule has 0 atom stereocenters. The van der Waals surface area contributed by atoms with Crippen molar-refractivity contribution in [1.29, 1.82) is 5.26 Å². The minimum atomic E-state index is 0.191. The molecule has 0 unspecified atom stereocenters. The van der Waals surface area contributed by atoms with Gasteiger partial charge < -0.3 is 9.47 Å². The molecule has 0 fully saturated rings.